The average Bonchev–Trinajstić information content (AvgIpc) is 2.72. The van der Waals surface area contributed by atoms with Crippen molar-refractivity contribution in [2.45, 2.75) is 50.8 Å². The maximum absolute atomic E-state index is 12.8. The Morgan fingerprint density at radius 3 is 2.44 bits per heavy atom. The van der Waals surface area contributed by atoms with E-state index in [0.717, 1.165) is 31.2 Å². The Morgan fingerprint density at radius 1 is 1.11 bits per heavy atom. The second-order valence-electron chi connectivity index (χ2n) is 7.75. The molecule has 0 unspecified atom stereocenters. The van der Waals surface area contributed by atoms with E-state index in [1.165, 1.54) is 0 Å². The van der Waals surface area contributed by atoms with Crippen molar-refractivity contribution in [3.05, 3.63) is 35.9 Å². The topological polar surface area (TPSA) is 84.7 Å². The van der Waals surface area contributed by atoms with Gasteiger partial charge in [0, 0.05) is 44.6 Å². The maximum atomic E-state index is 12.8. The van der Waals surface area contributed by atoms with Gasteiger partial charge in [-0.1, -0.05) is 30.3 Å². The highest BCUT2D eigenvalue weighted by Gasteiger charge is 2.35. The molecule has 3 rings (SSSR count). The molecule has 0 radical (unpaired) electrons. The van der Waals surface area contributed by atoms with E-state index in [1.54, 1.807) is 7.11 Å². The van der Waals surface area contributed by atoms with Gasteiger partial charge in [0.25, 0.3) is 0 Å². The van der Waals surface area contributed by atoms with Crippen LogP contribution in [-0.4, -0.2) is 49.1 Å². The fourth-order valence-corrected chi connectivity index (χ4v) is 4.24. The number of nitrogens with zero attached hydrogens (tertiary/aromatic N) is 1. The summed E-state index contributed by atoms with van der Waals surface area (Å²) in [4.78, 5) is 27.1. The van der Waals surface area contributed by atoms with Crippen LogP contribution in [0.3, 0.4) is 0 Å². The van der Waals surface area contributed by atoms with Gasteiger partial charge in [-0.2, -0.15) is 0 Å². The number of nitrogens with two attached hydrogens (primary N) is 1. The van der Waals surface area contributed by atoms with Crippen LogP contribution in [0, 0.1) is 11.8 Å². The Bertz CT molecular complexity index is 629. The number of amides is 2. The zero-order chi connectivity index (χ0) is 19.2. The number of carbonyl (C=O) groups excluding carboxylic acids is 2. The largest absolute Gasteiger partial charge is 0.380 e. The van der Waals surface area contributed by atoms with Crippen LogP contribution < -0.4 is 11.1 Å². The highest BCUT2D eigenvalue weighted by atomic mass is 16.5. The molecule has 0 aromatic heterocycles. The van der Waals surface area contributed by atoms with E-state index in [0.29, 0.717) is 26.1 Å². The number of piperidine rings is 1. The third-order valence-corrected chi connectivity index (χ3v) is 5.97. The number of carbonyl (C=O) groups is 2. The summed E-state index contributed by atoms with van der Waals surface area (Å²) < 4.78 is 5.38. The van der Waals surface area contributed by atoms with E-state index in [1.807, 2.05) is 35.2 Å². The van der Waals surface area contributed by atoms with E-state index >= 15 is 0 Å². The number of likely N-dealkylation sites (tertiary alicyclic amines) is 1. The van der Waals surface area contributed by atoms with Gasteiger partial charge in [-0.25, -0.2) is 0 Å². The maximum Gasteiger partial charge on any atom is 0.225 e. The predicted octanol–water partition coefficient (Wildman–Crippen LogP) is 1.68. The monoisotopic (exact) mass is 373 g/mol. The van der Waals surface area contributed by atoms with Crippen LogP contribution in [0.25, 0.3) is 0 Å². The average molecular weight is 373 g/mol. The number of hydrogen-bond donors (Lipinski definition) is 2. The summed E-state index contributed by atoms with van der Waals surface area (Å²) in [5, 5.41) is 3.02. The highest BCUT2D eigenvalue weighted by Crippen LogP contribution is 2.28. The van der Waals surface area contributed by atoms with Gasteiger partial charge < -0.3 is 20.7 Å². The van der Waals surface area contributed by atoms with Gasteiger partial charge in [-0.15, -0.1) is 0 Å². The Morgan fingerprint density at radius 2 is 1.81 bits per heavy atom. The number of rotatable bonds is 5. The number of methoxy groups -OCH3 is 1. The molecule has 148 valence electrons. The molecule has 1 aliphatic carbocycles. The van der Waals surface area contributed by atoms with Crippen LogP contribution in [-0.2, 0) is 20.9 Å². The Labute approximate surface area is 161 Å². The smallest absolute Gasteiger partial charge is 0.225 e. The lowest BCUT2D eigenvalue weighted by molar-refractivity contribution is -0.141. The van der Waals surface area contributed by atoms with Crippen molar-refractivity contribution in [3.63, 3.8) is 0 Å². The molecule has 1 saturated carbocycles. The Balaban J connectivity index is 1.43. The minimum atomic E-state index is -0.0704. The normalized spacial score (nSPS) is 26.6. The zero-order valence-electron chi connectivity index (χ0n) is 16.1. The van der Waals surface area contributed by atoms with E-state index in [4.69, 9.17) is 10.5 Å². The first-order valence-corrected chi connectivity index (χ1v) is 9.97. The Hall–Kier alpha value is -1.92. The molecule has 2 aliphatic rings. The lowest BCUT2D eigenvalue weighted by Gasteiger charge is -2.37. The van der Waals surface area contributed by atoms with Gasteiger partial charge in [0.1, 0.15) is 0 Å². The van der Waals surface area contributed by atoms with Crippen LogP contribution in [0.1, 0.15) is 37.7 Å². The van der Waals surface area contributed by atoms with Crippen molar-refractivity contribution in [1.29, 1.82) is 0 Å². The molecular weight excluding hydrogens is 342 g/mol. The van der Waals surface area contributed by atoms with Gasteiger partial charge in [0.15, 0.2) is 0 Å². The number of hydrogen-bond acceptors (Lipinski definition) is 4. The molecule has 1 saturated heterocycles. The first kappa shape index (κ1) is 19.8. The van der Waals surface area contributed by atoms with Gasteiger partial charge >= 0.3 is 0 Å². The molecule has 2 fully saturated rings. The quantitative estimate of drug-likeness (QED) is 0.822. The molecule has 0 spiro atoms. The van der Waals surface area contributed by atoms with Gasteiger partial charge in [0.05, 0.1) is 6.10 Å². The van der Waals surface area contributed by atoms with Crippen LogP contribution in [0.4, 0.5) is 0 Å². The molecule has 1 aromatic carbocycles. The molecule has 6 nitrogen and oxygen atoms in total. The molecule has 1 heterocycles. The van der Waals surface area contributed by atoms with Crippen LogP contribution in [0.2, 0.25) is 0 Å². The summed E-state index contributed by atoms with van der Waals surface area (Å²) in [7, 11) is 1.68. The van der Waals surface area contributed by atoms with E-state index in [2.05, 4.69) is 5.32 Å². The molecule has 3 atom stereocenters. The first-order valence-electron chi connectivity index (χ1n) is 9.97. The fraction of sp³-hybridized carbons (Fsp3) is 0.619. The number of nitrogens with one attached hydrogen (secondary N) is 1. The molecule has 1 aliphatic heterocycles. The van der Waals surface area contributed by atoms with Crippen molar-refractivity contribution in [1.82, 2.24) is 10.2 Å². The first-order chi connectivity index (χ1) is 13.1. The second kappa shape index (κ2) is 9.33. The van der Waals surface area contributed by atoms with Gasteiger partial charge in [0.2, 0.25) is 11.8 Å². The zero-order valence-corrected chi connectivity index (χ0v) is 16.1. The molecule has 27 heavy (non-hydrogen) atoms. The van der Waals surface area contributed by atoms with E-state index in [-0.39, 0.29) is 35.8 Å². The van der Waals surface area contributed by atoms with Crippen LogP contribution >= 0.6 is 0 Å². The van der Waals surface area contributed by atoms with Crippen molar-refractivity contribution < 1.29 is 14.3 Å². The molecular formula is C21H31N3O3. The minimum Gasteiger partial charge on any atom is -0.380 e. The molecule has 0 bridgehead atoms. The third-order valence-electron chi connectivity index (χ3n) is 5.97. The molecule has 2 amide bonds. The fourth-order valence-electron chi connectivity index (χ4n) is 4.24. The van der Waals surface area contributed by atoms with Crippen molar-refractivity contribution in [3.8, 4) is 0 Å². The summed E-state index contributed by atoms with van der Waals surface area (Å²) in [6.07, 6.45) is 3.88. The van der Waals surface area contributed by atoms with Crippen LogP contribution in [0.5, 0.6) is 0 Å². The third kappa shape index (κ3) is 5.08. The van der Waals surface area contributed by atoms with Crippen molar-refractivity contribution in [2.24, 2.45) is 17.6 Å². The lowest BCUT2D eigenvalue weighted by Crippen LogP contribution is -2.49. The molecule has 3 N–H and O–H groups in total. The van der Waals surface area contributed by atoms with E-state index in [9.17, 15) is 9.59 Å². The molecule has 6 heteroatoms. The summed E-state index contributed by atoms with van der Waals surface area (Å²) >= 11 is 0. The van der Waals surface area contributed by atoms with Gasteiger partial charge in [-0.3, -0.25) is 9.59 Å². The van der Waals surface area contributed by atoms with Crippen LogP contribution in [0.15, 0.2) is 30.3 Å². The minimum absolute atomic E-state index is 0.00476. The lowest BCUT2D eigenvalue weighted by atomic mass is 9.82. The highest BCUT2D eigenvalue weighted by molar-refractivity contribution is 5.81. The van der Waals surface area contributed by atoms with Gasteiger partial charge in [-0.05, 0) is 37.7 Å². The predicted molar refractivity (Wildman–Crippen MR) is 104 cm³/mol. The summed E-state index contributed by atoms with van der Waals surface area (Å²) in [5.74, 6) is 0.274. The van der Waals surface area contributed by atoms with Crippen molar-refractivity contribution >= 4 is 11.8 Å². The summed E-state index contributed by atoms with van der Waals surface area (Å²) in [5.41, 5.74) is 7.24. The standard InChI is InChI=1S/C21H31N3O3/c1-27-19-8-7-17(13-18(19)22)21(26)24-11-9-16(10-12-24)20(25)23-14-15-5-3-2-4-6-15/h2-6,16-19H,7-14,22H2,1H3,(H,23,25)/t17-,18+,19+/m0/s1. The Kier molecular flexibility index (Phi) is 6.85. The summed E-state index contributed by atoms with van der Waals surface area (Å²) in [6, 6.07) is 9.84. The molecule has 1 aromatic rings. The summed E-state index contributed by atoms with van der Waals surface area (Å²) in [6.45, 7) is 1.86. The SMILES string of the molecule is CO[C@@H]1CC[C@H](C(=O)N2CCC(C(=O)NCc3ccccc3)CC2)C[C@H]1N. The number of benzene rings is 1. The van der Waals surface area contributed by atoms with Crippen molar-refractivity contribution in [2.75, 3.05) is 20.2 Å². The second-order valence-corrected chi connectivity index (χ2v) is 7.75. The number of ether oxygens (including phenoxy) is 1. The van der Waals surface area contributed by atoms with E-state index < -0.39 is 0 Å².